The number of thioether (sulfide) groups is 1. The Morgan fingerprint density at radius 1 is 1.15 bits per heavy atom. The number of benzene rings is 1. The molecule has 0 unspecified atom stereocenters. The van der Waals surface area contributed by atoms with Crippen LogP contribution in [0.5, 0.6) is 0 Å². The standard InChI is InChI=1S/C22H27N3OS/c1-15(2)13-20-10-7-18(14-23)22(25-20)27-12-11-21(26)24-19-8-5-17(6-9-19)16(3)4/h5-10,15-16H,11-13H2,1-4H3,(H,24,26). The average molecular weight is 382 g/mol. The number of carbonyl (C=O) groups excluding carboxylic acids is 1. The first kappa shape index (κ1) is 21.0. The Morgan fingerprint density at radius 3 is 2.44 bits per heavy atom. The molecule has 0 spiro atoms. The number of carbonyl (C=O) groups is 1. The van der Waals surface area contributed by atoms with Crippen molar-refractivity contribution < 1.29 is 4.79 Å². The summed E-state index contributed by atoms with van der Waals surface area (Å²) < 4.78 is 0. The number of amides is 1. The van der Waals surface area contributed by atoms with Crippen molar-refractivity contribution in [2.45, 2.75) is 51.5 Å². The highest BCUT2D eigenvalue weighted by molar-refractivity contribution is 7.99. The number of hydrogen-bond donors (Lipinski definition) is 1. The second-order valence-electron chi connectivity index (χ2n) is 7.29. The maximum Gasteiger partial charge on any atom is 0.225 e. The van der Waals surface area contributed by atoms with Crippen LogP contribution in [0.3, 0.4) is 0 Å². The van der Waals surface area contributed by atoms with Crippen molar-refractivity contribution in [3.63, 3.8) is 0 Å². The van der Waals surface area contributed by atoms with Gasteiger partial charge in [0.05, 0.1) is 5.56 Å². The number of nitriles is 1. The zero-order chi connectivity index (χ0) is 19.8. The van der Waals surface area contributed by atoms with Gasteiger partial charge in [0.1, 0.15) is 11.1 Å². The minimum absolute atomic E-state index is 0.0309. The molecule has 0 aliphatic carbocycles. The van der Waals surface area contributed by atoms with Crippen LogP contribution in [0.2, 0.25) is 0 Å². The lowest BCUT2D eigenvalue weighted by molar-refractivity contribution is -0.115. The molecule has 0 bridgehead atoms. The first-order valence-electron chi connectivity index (χ1n) is 9.31. The molecule has 0 saturated heterocycles. The molecule has 0 atom stereocenters. The molecule has 0 aliphatic rings. The van der Waals surface area contributed by atoms with Gasteiger partial charge in [-0.3, -0.25) is 4.79 Å². The lowest BCUT2D eigenvalue weighted by atomic mass is 10.0. The lowest BCUT2D eigenvalue weighted by Crippen LogP contribution is -2.12. The maximum absolute atomic E-state index is 12.2. The predicted octanol–water partition coefficient (Wildman–Crippen LogP) is 5.40. The van der Waals surface area contributed by atoms with Crippen LogP contribution >= 0.6 is 11.8 Å². The third-order valence-electron chi connectivity index (χ3n) is 4.08. The molecule has 1 aromatic heterocycles. The van der Waals surface area contributed by atoms with Crippen molar-refractivity contribution in [3.8, 4) is 6.07 Å². The summed E-state index contributed by atoms with van der Waals surface area (Å²) in [5.74, 6) is 1.54. The molecule has 2 aromatic rings. The van der Waals surface area contributed by atoms with Crippen LogP contribution in [0.1, 0.15) is 56.9 Å². The summed E-state index contributed by atoms with van der Waals surface area (Å²) in [6.45, 7) is 8.57. The molecule has 1 aromatic carbocycles. The van der Waals surface area contributed by atoms with Crippen molar-refractivity contribution in [2.75, 3.05) is 11.1 Å². The highest BCUT2D eigenvalue weighted by Gasteiger charge is 2.10. The van der Waals surface area contributed by atoms with Crippen molar-refractivity contribution in [1.29, 1.82) is 5.26 Å². The highest BCUT2D eigenvalue weighted by atomic mass is 32.2. The van der Waals surface area contributed by atoms with E-state index in [0.29, 0.717) is 34.6 Å². The molecule has 1 N–H and O–H groups in total. The first-order chi connectivity index (χ1) is 12.9. The molecular weight excluding hydrogens is 354 g/mol. The van der Waals surface area contributed by atoms with E-state index in [1.54, 1.807) is 0 Å². The second kappa shape index (κ2) is 10.1. The van der Waals surface area contributed by atoms with E-state index in [1.165, 1.54) is 17.3 Å². The van der Waals surface area contributed by atoms with Crippen LogP contribution < -0.4 is 5.32 Å². The van der Waals surface area contributed by atoms with E-state index in [2.05, 4.69) is 44.1 Å². The molecule has 0 radical (unpaired) electrons. The molecule has 142 valence electrons. The minimum atomic E-state index is -0.0309. The smallest absolute Gasteiger partial charge is 0.225 e. The summed E-state index contributed by atoms with van der Waals surface area (Å²) in [6.07, 6.45) is 1.25. The van der Waals surface area contributed by atoms with Crippen LogP contribution in [-0.4, -0.2) is 16.6 Å². The molecule has 27 heavy (non-hydrogen) atoms. The van der Waals surface area contributed by atoms with E-state index < -0.39 is 0 Å². The van der Waals surface area contributed by atoms with Gasteiger partial charge in [-0.1, -0.05) is 39.8 Å². The van der Waals surface area contributed by atoms with Gasteiger partial charge in [0.15, 0.2) is 0 Å². The van der Waals surface area contributed by atoms with E-state index >= 15 is 0 Å². The van der Waals surface area contributed by atoms with Gasteiger partial charge in [0.2, 0.25) is 5.91 Å². The van der Waals surface area contributed by atoms with Crippen molar-refractivity contribution in [2.24, 2.45) is 5.92 Å². The number of hydrogen-bond acceptors (Lipinski definition) is 4. The van der Waals surface area contributed by atoms with E-state index in [4.69, 9.17) is 0 Å². The largest absolute Gasteiger partial charge is 0.326 e. The maximum atomic E-state index is 12.2. The molecule has 1 heterocycles. The Morgan fingerprint density at radius 2 is 1.85 bits per heavy atom. The van der Waals surface area contributed by atoms with Crippen LogP contribution in [0.4, 0.5) is 5.69 Å². The van der Waals surface area contributed by atoms with Crippen LogP contribution in [0.25, 0.3) is 0 Å². The fourth-order valence-corrected chi connectivity index (χ4v) is 3.55. The van der Waals surface area contributed by atoms with Crippen LogP contribution in [0.15, 0.2) is 41.4 Å². The summed E-state index contributed by atoms with van der Waals surface area (Å²) in [4.78, 5) is 16.8. The van der Waals surface area contributed by atoms with Crippen molar-refractivity contribution in [3.05, 3.63) is 53.2 Å². The Labute approximate surface area is 166 Å². The summed E-state index contributed by atoms with van der Waals surface area (Å²) in [5.41, 5.74) is 3.61. The highest BCUT2D eigenvalue weighted by Crippen LogP contribution is 2.23. The molecule has 4 nitrogen and oxygen atoms in total. The van der Waals surface area contributed by atoms with E-state index in [9.17, 15) is 10.1 Å². The summed E-state index contributed by atoms with van der Waals surface area (Å²) in [5, 5.41) is 12.9. The average Bonchev–Trinajstić information content (AvgIpc) is 2.62. The fraction of sp³-hybridized carbons (Fsp3) is 0.409. The topological polar surface area (TPSA) is 65.8 Å². The number of anilines is 1. The molecule has 5 heteroatoms. The number of rotatable bonds is 8. The van der Waals surface area contributed by atoms with Gasteiger partial charge < -0.3 is 5.32 Å². The summed E-state index contributed by atoms with van der Waals surface area (Å²) >= 11 is 1.46. The van der Waals surface area contributed by atoms with E-state index in [1.807, 2.05) is 36.4 Å². The van der Waals surface area contributed by atoms with E-state index in [-0.39, 0.29) is 5.91 Å². The Bertz CT molecular complexity index is 807. The van der Waals surface area contributed by atoms with Gasteiger partial charge in [-0.05, 0) is 48.1 Å². The van der Waals surface area contributed by atoms with Crippen LogP contribution in [-0.2, 0) is 11.2 Å². The van der Waals surface area contributed by atoms with Crippen molar-refractivity contribution in [1.82, 2.24) is 4.98 Å². The number of nitrogens with one attached hydrogen (secondary N) is 1. The first-order valence-corrected chi connectivity index (χ1v) is 10.3. The lowest BCUT2D eigenvalue weighted by Gasteiger charge is -2.09. The quantitative estimate of drug-likeness (QED) is 0.622. The zero-order valence-electron chi connectivity index (χ0n) is 16.5. The van der Waals surface area contributed by atoms with E-state index in [0.717, 1.165) is 17.8 Å². The van der Waals surface area contributed by atoms with Gasteiger partial charge in [0, 0.05) is 23.6 Å². The zero-order valence-corrected chi connectivity index (χ0v) is 17.3. The fourth-order valence-electron chi connectivity index (χ4n) is 2.62. The van der Waals surface area contributed by atoms with Gasteiger partial charge in [0.25, 0.3) is 0 Å². The third kappa shape index (κ3) is 6.73. The Balaban J connectivity index is 1.89. The van der Waals surface area contributed by atoms with Gasteiger partial charge in [-0.15, -0.1) is 11.8 Å². The number of pyridine rings is 1. The number of aromatic nitrogens is 1. The number of nitrogens with zero attached hydrogens (tertiary/aromatic N) is 2. The van der Waals surface area contributed by atoms with Gasteiger partial charge in [-0.2, -0.15) is 5.26 Å². The van der Waals surface area contributed by atoms with Gasteiger partial charge >= 0.3 is 0 Å². The van der Waals surface area contributed by atoms with Gasteiger partial charge in [-0.25, -0.2) is 4.98 Å². The minimum Gasteiger partial charge on any atom is -0.326 e. The summed E-state index contributed by atoms with van der Waals surface area (Å²) in [7, 11) is 0. The monoisotopic (exact) mass is 381 g/mol. The predicted molar refractivity (Wildman–Crippen MR) is 112 cm³/mol. The normalized spacial score (nSPS) is 10.9. The SMILES string of the molecule is CC(C)Cc1ccc(C#N)c(SCCC(=O)Nc2ccc(C(C)C)cc2)n1. The molecule has 1 amide bonds. The Kier molecular flexibility index (Phi) is 7.87. The summed E-state index contributed by atoms with van der Waals surface area (Å²) in [6, 6.07) is 13.9. The molecule has 0 saturated carbocycles. The van der Waals surface area contributed by atoms with Crippen molar-refractivity contribution >= 4 is 23.4 Å². The molecular formula is C22H27N3OS. The Hall–Kier alpha value is -2.32. The molecule has 2 rings (SSSR count). The van der Waals surface area contributed by atoms with Crippen LogP contribution in [0, 0.1) is 17.2 Å². The third-order valence-corrected chi connectivity index (χ3v) is 5.08. The molecule has 0 fully saturated rings. The molecule has 0 aliphatic heterocycles. The second-order valence-corrected chi connectivity index (χ2v) is 8.37.